The number of carboxylic acid groups (broad SMARTS) is 3. The van der Waals surface area contributed by atoms with Gasteiger partial charge in [-0.25, -0.2) is 9.78 Å². The fourth-order valence-electron chi connectivity index (χ4n) is 9.50. The quantitative estimate of drug-likeness (QED) is 0.0191. The Bertz CT molecular complexity index is 3560. The topological polar surface area (TPSA) is 518 Å². The Hall–Kier alpha value is -11.0. The number of benzene rings is 4. The van der Waals surface area contributed by atoms with Crippen LogP contribution in [0.1, 0.15) is 70.7 Å². The zero-order valence-electron chi connectivity index (χ0n) is 53.6. The van der Waals surface area contributed by atoms with Gasteiger partial charge in [-0.1, -0.05) is 109 Å². The lowest BCUT2D eigenvalue weighted by molar-refractivity contribution is -0.143. The Morgan fingerprint density at radius 3 is 1.47 bits per heavy atom. The van der Waals surface area contributed by atoms with Gasteiger partial charge in [0.05, 0.1) is 44.1 Å². The molecule has 97 heavy (non-hydrogen) atoms. The number of aliphatic carboxylic acids is 3. The molecule has 4 aromatic carbocycles. The molecule has 0 radical (unpaired) electrons. The summed E-state index contributed by atoms with van der Waals surface area (Å²) in [5.74, 6) is -15.7. The molecular formula is C65H81N13O19. The second kappa shape index (κ2) is 36.6. The summed E-state index contributed by atoms with van der Waals surface area (Å²) < 4.78 is 0. The average Bonchev–Trinajstić information content (AvgIpc) is 1.48. The summed E-state index contributed by atoms with van der Waals surface area (Å²) in [5, 5.41) is 83.7. The number of nitrogens with one attached hydrogen (secondary N) is 11. The van der Waals surface area contributed by atoms with Crippen molar-refractivity contribution in [3.8, 4) is 22.3 Å². The molecule has 5 aromatic rings. The van der Waals surface area contributed by atoms with Gasteiger partial charge in [0.1, 0.15) is 53.9 Å². The van der Waals surface area contributed by atoms with Gasteiger partial charge in [-0.15, -0.1) is 0 Å². The first-order valence-electron chi connectivity index (χ1n) is 30.5. The molecule has 32 nitrogen and oxygen atoms in total. The number of hydrogen-bond acceptors (Lipinski definition) is 18. The summed E-state index contributed by atoms with van der Waals surface area (Å²) in [6.07, 6.45) is -3.39. The maximum Gasteiger partial charge on any atom is 0.326 e. The van der Waals surface area contributed by atoms with E-state index >= 15 is 0 Å². The molecule has 0 spiro atoms. The molecule has 0 fully saturated rings. The van der Waals surface area contributed by atoms with Crippen molar-refractivity contribution < 1.29 is 93.0 Å². The highest BCUT2D eigenvalue weighted by molar-refractivity contribution is 6.00. The number of nitrogens with two attached hydrogens (primary N) is 1. The van der Waals surface area contributed by atoms with Crippen molar-refractivity contribution in [2.75, 3.05) is 13.2 Å². The van der Waals surface area contributed by atoms with Gasteiger partial charge in [0.15, 0.2) is 0 Å². The lowest BCUT2D eigenvalue weighted by atomic mass is 9.98. The van der Waals surface area contributed by atoms with Gasteiger partial charge in [0.2, 0.25) is 59.1 Å². The maximum atomic E-state index is 14.2. The number of aromatic nitrogens is 2. The van der Waals surface area contributed by atoms with Crippen molar-refractivity contribution in [1.29, 1.82) is 0 Å². The number of aliphatic hydroxyl groups is 3. The van der Waals surface area contributed by atoms with E-state index in [0.29, 0.717) is 16.8 Å². The van der Waals surface area contributed by atoms with Crippen LogP contribution >= 0.6 is 0 Å². The minimum absolute atomic E-state index is 0.0278. The number of carbonyl (C=O) groups excluding carboxylic acids is 10. The molecule has 1 aromatic heterocycles. The van der Waals surface area contributed by atoms with Crippen LogP contribution in [0.15, 0.2) is 122 Å². The van der Waals surface area contributed by atoms with Crippen molar-refractivity contribution in [2.24, 2.45) is 5.73 Å². The number of carboxylic acids is 3. The van der Waals surface area contributed by atoms with E-state index in [4.69, 9.17) is 5.73 Å². The van der Waals surface area contributed by atoms with E-state index in [1.165, 1.54) is 26.4 Å². The largest absolute Gasteiger partial charge is 0.481 e. The molecule has 19 N–H and O–H groups in total. The number of nitrogens with zero attached hydrogens (tertiary/aromatic N) is 1. The number of hydrogen-bond donors (Lipinski definition) is 18. The van der Waals surface area contributed by atoms with E-state index in [1.807, 2.05) is 60.7 Å². The van der Waals surface area contributed by atoms with Gasteiger partial charge in [-0.05, 0) is 74.4 Å². The molecule has 0 aliphatic heterocycles. The lowest BCUT2D eigenvalue weighted by Gasteiger charge is -2.29. The van der Waals surface area contributed by atoms with Crippen LogP contribution in [0.4, 0.5) is 0 Å². The normalized spacial score (nSPS) is 14.6. The SMILES string of the molecule is C[C@H](NC(=O)[C@@H](NC(=O)CNC(=O)[C@H](CCC(=O)O)NC(=O)C(C)(C)NC(=O)[C@@H](N)Cc1cnc[nH]1)[C@@H](C)O)C(=O)N[C@H](C(=O)N[C@@H](CO)C(=O)N[C@@H](CC(=O)O)C(=O)N[C@@H](Cc1ccc(-c2ccccc2)cc1)C(=O)N[C@@H](Cc1ccc(-c2ccccc2)cc1)C(=O)O)[C@@H](C)O. The number of carbonyl (C=O) groups is 13. The summed E-state index contributed by atoms with van der Waals surface area (Å²) >= 11 is 0. The summed E-state index contributed by atoms with van der Waals surface area (Å²) in [4.78, 5) is 178. The standard InChI is InChI=1S/C65H81N13O19/c1-34(70-61(93)53(35(2)80)76-50(82)31-68-57(89)45(24-25-51(83)84)75-64(97)65(4,5)78-56(88)44(66)28-43-30-67-33-69-43)55(87)77-54(36(3)81)62(94)74-49(32-79)60(92)72-47(29-52(85)86)59(91)71-46(26-37-16-20-41(21-17-37)39-12-8-6-9-13-39)58(90)73-48(63(95)96)27-38-18-22-42(23-19-38)40-14-10-7-11-15-40/h6-23,30,33-36,44-49,53-54,79-81H,24-29,31-32,66H2,1-5H3,(H,67,69)(H,68,89)(H,70,93)(H,71,91)(H,72,92)(H,73,90)(H,74,94)(H,75,97)(H,76,82)(H,77,87)(H,78,88)(H,83,84)(H,85,86)(H,95,96)/t34-,35+,36+,44-,45-,46-,47-,48-,49-,53-,54-/m0/s1. The van der Waals surface area contributed by atoms with Crippen LogP contribution in [-0.2, 0) is 81.6 Å². The number of rotatable bonds is 37. The summed E-state index contributed by atoms with van der Waals surface area (Å²) in [7, 11) is 0. The molecule has 5 rings (SSSR count). The molecule has 0 saturated carbocycles. The van der Waals surface area contributed by atoms with E-state index < -0.39 is 182 Å². The first-order valence-corrected chi connectivity index (χ1v) is 30.5. The van der Waals surface area contributed by atoms with E-state index in [1.54, 1.807) is 48.5 Å². The molecule has 1 heterocycles. The highest BCUT2D eigenvalue weighted by Crippen LogP contribution is 2.22. The van der Waals surface area contributed by atoms with Gasteiger partial charge in [-0.3, -0.25) is 57.5 Å². The zero-order valence-corrected chi connectivity index (χ0v) is 53.6. The molecule has 0 unspecified atom stereocenters. The first kappa shape index (κ1) is 76.7. The van der Waals surface area contributed by atoms with Gasteiger partial charge < -0.3 is 94.5 Å². The van der Waals surface area contributed by atoms with Crippen LogP contribution < -0.4 is 58.9 Å². The highest BCUT2D eigenvalue weighted by atomic mass is 16.4. The monoisotopic (exact) mass is 1350 g/mol. The predicted molar refractivity (Wildman–Crippen MR) is 345 cm³/mol. The van der Waals surface area contributed by atoms with Gasteiger partial charge >= 0.3 is 17.9 Å². The number of aliphatic hydroxyl groups excluding tert-OH is 3. The average molecular weight is 1350 g/mol. The van der Waals surface area contributed by atoms with Crippen molar-refractivity contribution in [2.45, 2.75) is 145 Å². The summed E-state index contributed by atoms with van der Waals surface area (Å²) in [6, 6.07) is 16.9. The molecule has 10 amide bonds. The van der Waals surface area contributed by atoms with Gasteiger partial charge in [0, 0.05) is 37.6 Å². The van der Waals surface area contributed by atoms with E-state index in [9.17, 15) is 93.0 Å². The Kier molecular flexibility index (Phi) is 29.0. The molecule has 0 saturated heterocycles. The van der Waals surface area contributed by atoms with Crippen molar-refractivity contribution in [3.05, 3.63) is 139 Å². The number of aromatic amines is 1. The Balaban J connectivity index is 1.21. The predicted octanol–water partition coefficient (Wildman–Crippen LogP) is -2.81. The third-order valence-electron chi connectivity index (χ3n) is 15.0. The Morgan fingerprint density at radius 1 is 0.505 bits per heavy atom. The van der Waals surface area contributed by atoms with E-state index in [2.05, 4.69) is 63.1 Å². The van der Waals surface area contributed by atoms with Crippen molar-refractivity contribution in [1.82, 2.24) is 63.1 Å². The second-order valence-corrected chi connectivity index (χ2v) is 23.3. The smallest absolute Gasteiger partial charge is 0.326 e. The van der Waals surface area contributed by atoms with Crippen LogP contribution in [0.2, 0.25) is 0 Å². The molecule has 0 aliphatic carbocycles. The van der Waals surface area contributed by atoms with Crippen LogP contribution in [-0.4, -0.2) is 203 Å². The second-order valence-electron chi connectivity index (χ2n) is 23.3. The van der Waals surface area contributed by atoms with Crippen molar-refractivity contribution >= 4 is 77.0 Å². The maximum absolute atomic E-state index is 14.2. The third kappa shape index (κ3) is 24.4. The minimum Gasteiger partial charge on any atom is -0.481 e. The molecule has 520 valence electrons. The first-order chi connectivity index (χ1) is 45.8. The van der Waals surface area contributed by atoms with Crippen molar-refractivity contribution in [3.63, 3.8) is 0 Å². The number of imidazole rings is 1. The Morgan fingerprint density at radius 2 is 0.979 bits per heavy atom. The zero-order chi connectivity index (χ0) is 71.7. The van der Waals surface area contributed by atoms with Crippen LogP contribution in [0.3, 0.4) is 0 Å². The number of H-pyrrole nitrogens is 1. The van der Waals surface area contributed by atoms with E-state index in [0.717, 1.165) is 43.0 Å². The minimum atomic E-state index is -2.04. The third-order valence-corrected chi connectivity index (χ3v) is 15.0. The molecule has 0 bridgehead atoms. The molecule has 32 heteroatoms. The van der Waals surface area contributed by atoms with Gasteiger partial charge in [0.25, 0.3) is 0 Å². The lowest BCUT2D eigenvalue weighted by Crippen LogP contribution is -2.62. The van der Waals surface area contributed by atoms with Crippen LogP contribution in [0.5, 0.6) is 0 Å². The fourth-order valence-corrected chi connectivity index (χ4v) is 9.50. The summed E-state index contributed by atoms with van der Waals surface area (Å²) in [5.41, 5.74) is 9.19. The Labute approximate surface area is 556 Å². The number of amides is 10. The summed E-state index contributed by atoms with van der Waals surface area (Å²) in [6.45, 7) is 3.62. The van der Waals surface area contributed by atoms with Crippen LogP contribution in [0.25, 0.3) is 22.3 Å². The van der Waals surface area contributed by atoms with Crippen LogP contribution in [0, 0.1) is 0 Å². The highest BCUT2D eigenvalue weighted by Gasteiger charge is 2.38. The molecule has 11 atom stereocenters. The van der Waals surface area contributed by atoms with Gasteiger partial charge in [-0.2, -0.15) is 0 Å². The molecular weight excluding hydrogens is 1270 g/mol. The molecule has 0 aliphatic rings. The fraction of sp³-hybridized carbons (Fsp3) is 0.385. The van der Waals surface area contributed by atoms with E-state index in [-0.39, 0.29) is 19.3 Å².